The lowest BCUT2D eigenvalue weighted by Gasteiger charge is -2.38. The third kappa shape index (κ3) is 2.84. The average Bonchev–Trinajstić information content (AvgIpc) is 2.26. The molecular formula is C13H18BrN3O. The molecule has 1 fully saturated rings. The highest BCUT2D eigenvalue weighted by Gasteiger charge is 2.26. The molecule has 0 radical (unpaired) electrons. The van der Waals surface area contributed by atoms with Crippen LogP contribution in [0, 0.1) is 0 Å². The standard InChI is InChI=1S/C13H18BrN3O/c1-9-8-16(2)3-4-17(9)13(18)10-5-11(14)7-12(15)6-10/h5-7,9H,3-4,8,15H2,1-2H3. The van der Waals surface area contributed by atoms with Gasteiger partial charge in [0.05, 0.1) is 0 Å². The van der Waals surface area contributed by atoms with E-state index in [1.54, 1.807) is 12.1 Å². The number of piperazine rings is 1. The van der Waals surface area contributed by atoms with Crippen LogP contribution >= 0.6 is 15.9 Å². The van der Waals surface area contributed by atoms with Crippen molar-refractivity contribution >= 4 is 27.5 Å². The number of halogens is 1. The minimum absolute atomic E-state index is 0.0589. The number of carbonyl (C=O) groups excluding carboxylic acids is 1. The SMILES string of the molecule is CC1CN(C)CCN1C(=O)c1cc(N)cc(Br)c1. The molecule has 98 valence electrons. The first-order valence-corrected chi connectivity index (χ1v) is 6.82. The van der Waals surface area contributed by atoms with E-state index in [1.165, 1.54) is 0 Å². The first-order valence-electron chi connectivity index (χ1n) is 6.03. The molecule has 1 aromatic rings. The van der Waals surface area contributed by atoms with E-state index < -0.39 is 0 Å². The zero-order valence-electron chi connectivity index (χ0n) is 10.7. The lowest BCUT2D eigenvalue weighted by molar-refractivity contribution is 0.0533. The Hall–Kier alpha value is -1.07. The van der Waals surface area contributed by atoms with E-state index in [4.69, 9.17) is 5.73 Å². The predicted molar refractivity (Wildman–Crippen MR) is 76.5 cm³/mol. The van der Waals surface area contributed by atoms with Crippen LogP contribution in [0.15, 0.2) is 22.7 Å². The normalized spacial score (nSPS) is 21.1. The maximum Gasteiger partial charge on any atom is 0.254 e. The topological polar surface area (TPSA) is 49.6 Å². The highest BCUT2D eigenvalue weighted by molar-refractivity contribution is 9.10. The van der Waals surface area contributed by atoms with Gasteiger partial charge in [0.1, 0.15) is 0 Å². The number of carbonyl (C=O) groups is 1. The van der Waals surface area contributed by atoms with Crippen molar-refractivity contribution in [2.24, 2.45) is 0 Å². The molecule has 1 amide bonds. The Labute approximate surface area is 116 Å². The summed E-state index contributed by atoms with van der Waals surface area (Å²) in [5.41, 5.74) is 7.03. The van der Waals surface area contributed by atoms with Gasteiger partial charge in [-0.2, -0.15) is 0 Å². The Morgan fingerprint density at radius 1 is 1.39 bits per heavy atom. The van der Waals surface area contributed by atoms with Crippen molar-refractivity contribution in [3.8, 4) is 0 Å². The molecule has 0 saturated carbocycles. The molecule has 5 heteroatoms. The van der Waals surface area contributed by atoms with Gasteiger partial charge in [-0.15, -0.1) is 0 Å². The van der Waals surface area contributed by atoms with Gasteiger partial charge in [-0.25, -0.2) is 0 Å². The molecule has 1 heterocycles. The molecule has 1 aliphatic rings. The maximum atomic E-state index is 12.5. The van der Waals surface area contributed by atoms with Crippen LogP contribution < -0.4 is 5.73 Å². The molecule has 1 atom stereocenters. The van der Waals surface area contributed by atoms with Crippen LogP contribution in [0.5, 0.6) is 0 Å². The van der Waals surface area contributed by atoms with Crippen molar-refractivity contribution < 1.29 is 4.79 Å². The maximum absolute atomic E-state index is 12.5. The van der Waals surface area contributed by atoms with Crippen LogP contribution in [0.4, 0.5) is 5.69 Å². The molecule has 18 heavy (non-hydrogen) atoms. The van der Waals surface area contributed by atoms with Crippen LogP contribution in [0.2, 0.25) is 0 Å². The van der Waals surface area contributed by atoms with Gasteiger partial charge in [0.15, 0.2) is 0 Å². The minimum Gasteiger partial charge on any atom is -0.399 e. The van der Waals surface area contributed by atoms with Gasteiger partial charge < -0.3 is 15.5 Å². The fourth-order valence-corrected chi connectivity index (χ4v) is 2.85. The molecule has 1 saturated heterocycles. The fourth-order valence-electron chi connectivity index (χ4n) is 2.34. The number of anilines is 1. The molecule has 0 spiro atoms. The number of amides is 1. The van der Waals surface area contributed by atoms with Crippen LogP contribution in [-0.4, -0.2) is 48.4 Å². The second-order valence-electron chi connectivity index (χ2n) is 4.88. The summed E-state index contributed by atoms with van der Waals surface area (Å²) in [5, 5.41) is 0. The number of nitrogens with two attached hydrogens (primary N) is 1. The number of nitrogen functional groups attached to an aromatic ring is 1. The van der Waals surface area contributed by atoms with Gasteiger partial charge >= 0.3 is 0 Å². The molecule has 2 N–H and O–H groups in total. The fraction of sp³-hybridized carbons (Fsp3) is 0.462. The summed E-state index contributed by atoms with van der Waals surface area (Å²) in [6.45, 7) is 4.67. The Morgan fingerprint density at radius 3 is 2.72 bits per heavy atom. The summed E-state index contributed by atoms with van der Waals surface area (Å²) in [5.74, 6) is 0.0589. The molecule has 0 aromatic heterocycles. The van der Waals surface area contributed by atoms with Crippen molar-refractivity contribution in [2.75, 3.05) is 32.4 Å². The minimum atomic E-state index is 0.0589. The van der Waals surface area contributed by atoms with E-state index in [1.807, 2.05) is 11.0 Å². The molecule has 1 unspecified atom stereocenters. The second kappa shape index (κ2) is 5.28. The van der Waals surface area contributed by atoms with E-state index in [9.17, 15) is 4.79 Å². The van der Waals surface area contributed by atoms with E-state index >= 15 is 0 Å². The number of benzene rings is 1. The van der Waals surface area contributed by atoms with Crippen molar-refractivity contribution in [1.29, 1.82) is 0 Å². The number of hydrogen-bond acceptors (Lipinski definition) is 3. The predicted octanol–water partition coefficient (Wildman–Crippen LogP) is 1.81. The molecule has 1 aliphatic heterocycles. The highest BCUT2D eigenvalue weighted by Crippen LogP contribution is 2.20. The number of likely N-dealkylation sites (N-methyl/N-ethyl adjacent to an activating group) is 1. The Bertz CT molecular complexity index is 443. The molecule has 0 bridgehead atoms. The molecular weight excluding hydrogens is 294 g/mol. The Morgan fingerprint density at radius 2 is 2.11 bits per heavy atom. The first-order chi connectivity index (χ1) is 8.47. The zero-order valence-corrected chi connectivity index (χ0v) is 12.3. The molecule has 1 aromatic carbocycles. The average molecular weight is 312 g/mol. The zero-order chi connectivity index (χ0) is 13.3. The summed E-state index contributed by atoms with van der Waals surface area (Å²) in [4.78, 5) is 16.6. The quantitative estimate of drug-likeness (QED) is 0.805. The highest BCUT2D eigenvalue weighted by atomic mass is 79.9. The van der Waals surface area contributed by atoms with E-state index in [-0.39, 0.29) is 11.9 Å². The van der Waals surface area contributed by atoms with E-state index in [0.717, 1.165) is 24.1 Å². The van der Waals surface area contributed by atoms with Gasteiger partial charge in [-0.1, -0.05) is 15.9 Å². The molecule has 4 nitrogen and oxygen atoms in total. The monoisotopic (exact) mass is 311 g/mol. The lowest BCUT2D eigenvalue weighted by Crippen LogP contribution is -2.52. The summed E-state index contributed by atoms with van der Waals surface area (Å²) in [6.07, 6.45) is 0. The third-order valence-electron chi connectivity index (χ3n) is 3.26. The molecule has 2 rings (SSSR count). The van der Waals surface area contributed by atoms with Gasteiger partial charge in [-0.3, -0.25) is 4.79 Å². The smallest absolute Gasteiger partial charge is 0.254 e. The van der Waals surface area contributed by atoms with Crippen LogP contribution in [0.25, 0.3) is 0 Å². The van der Waals surface area contributed by atoms with Crippen molar-refractivity contribution in [3.63, 3.8) is 0 Å². The van der Waals surface area contributed by atoms with Gasteiger partial charge in [0.2, 0.25) is 0 Å². The summed E-state index contributed by atoms with van der Waals surface area (Å²) in [7, 11) is 2.08. The van der Waals surface area contributed by atoms with Gasteiger partial charge in [0, 0.05) is 41.4 Å². The Kier molecular flexibility index (Phi) is 3.92. The summed E-state index contributed by atoms with van der Waals surface area (Å²) in [6, 6.07) is 5.59. The van der Waals surface area contributed by atoms with E-state index in [2.05, 4.69) is 34.8 Å². The molecule has 0 aliphatic carbocycles. The number of hydrogen-bond donors (Lipinski definition) is 1. The largest absolute Gasteiger partial charge is 0.399 e. The number of nitrogens with zero attached hydrogens (tertiary/aromatic N) is 2. The third-order valence-corrected chi connectivity index (χ3v) is 3.72. The van der Waals surface area contributed by atoms with Gasteiger partial charge in [0.25, 0.3) is 5.91 Å². The first kappa shape index (κ1) is 13.4. The van der Waals surface area contributed by atoms with Crippen LogP contribution in [-0.2, 0) is 0 Å². The van der Waals surface area contributed by atoms with Crippen molar-refractivity contribution in [2.45, 2.75) is 13.0 Å². The summed E-state index contributed by atoms with van der Waals surface area (Å²) >= 11 is 3.37. The number of rotatable bonds is 1. The van der Waals surface area contributed by atoms with Crippen LogP contribution in [0.3, 0.4) is 0 Å². The van der Waals surface area contributed by atoms with E-state index in [0.29, 0.717) is 11.3 Å². The van der Waals surface area contributed by atoms with Crippen molar-refractivity contribution in [1.82, 2.24) is 9.80 Å². The summed E-state index contributed by atoms with van der Waals surface area (Å²) < 4.78 is 0.840. The van der Waals surface area contributed by atoms with Gasteiger partial charge in [-0.05, 0) is 32.2 Å². The van der Waals surface area contributed by atoms with Crippen molar-refractivity contribution in [3.05, 3.63) is 28.2 Å². The Balaban J connectivity index is 2.20. The lowest BCUT2D eigenvalue weighted by atomic mass is 10.1. The van der Waals surface area contributed by atoms with Crippen LogP contribution in [0.1, 0.15) is 17.3 Å². The second-order valence-corrected chi connectivity index (χ2v) is 5.80.